The molecule has 4 heteroatoms. The number of Topliss-reactive ketones (excluding diaryl/α,β-unsaturated/α-hetero) is 1. The van der Waals surface area contributed by atoms with Gasteiger partial charge in [0.1, 0.15) is 5.54 Å². The van der Waals surface area contributed by atoms with E-state index >= 15 is 0 Å². The molecule has 0 saturated carbocycles. The van der Waals surface area contributed by atoms with Gasteiger partial charge in [0.2, 0.25) is 0 Å². The minimum Gasteiger partial charge on any atom is -0.316 e. The minimum absolute atomic E-state index is 0.0955. The fraction of sp³-hybridized carbons (Fsp3) is 0.231. The van der Waals surface area contributed by atoms with Crippen LogP contribution in [0.2, 0.25) is 0 Å². The summed E-state index contributed by atoms with van der Waals surface area (Å²) in [6.07, 6.45) is 8.54. The molecule has 43 heavy (non-hydrogen) atoms. The van der Waals surface area contributed by atoms with Crippen LogP contribution in [-0.2, 0) is 24.8 Å². The second kappa shape index (κ2) is 11.2. The third-order valence-corrected chi connectivity index (χ3v) is 9.39. The van der Waals surface area contributed by atoms with Crippen molar-refractivity contribution in [2.75, 3.05) is 0 Å². The number of carbonyl (C=O) groups excluding carboxylic acids is 1. The molecule has 0 N–H and O–H groups in total. The molecule has 3 aromatic heterocycles. The van der Waals surface area contributed by atoms with Gasteiger partial charge in [0, 0.05) is 29.7 Å². The van der Waals surface area contributed by atoms with Gasteiger partial charge in [0.05, 0.1) is 17.7 Å². The van der Waals surface area contributed by atoms with Gasteiger partial charge < -0.3 is 8.97 Å². The van der Waals surface area contributed by atoms with Gasteiger partial charge in [-0.15, -0.1) is 0 Å². The number of imidazole rings is 1. The van der Waals surface area contributed by atoms with Crippen LogP contribution in [0.25, 0.3) is 5.52 Å². The standard InChI is InChI=1S/C39H37N3O/c1-3-15-33-34-24-23-29(38(43)37(34)41-25-14-13-22-36(33)41)26-35-28(2)42(27-40-35)39(30-16-7-4-8-17-30,31-18-9-5-10-19-31)32-20-11-6-12-21-32/h4-14,16-22,25,27,29H,3,15,23-24,26H2,1-2H3. The second-order valence-electron chi connectivity index (χ2n) is 11.8. The molecule has 0 radical (unpaired) electrons. The Bertz CT molecular complexity index is 1790. The van der Waals surface area contributed by atoms with Crippen LogP contribution >= 0.6 is 0 Å². The van der Waals surface area contributed by atoms with E-state index in [-0.39, 0.29) is 11.7 Å². The van der Waals surface area contributed by atoms with Crippen molar-refractivity contribution >= 4 is 11.3 Å². The molecule has 3 heterocycles. The summed E-state index contributed by atoms with van der Waals surface area (Å²) in [5.41, 5.74) is 9.64. The van der Waals surface area contributed by atoms with Crippen LogP contribution in [-0.4, -0.2) is 19.7 Å². The molecule has 0 amide bonds. The third-order valence-electron chi connectivity index (χ3n) is 9.39. The van der Waals surface area contributed by atoms with E-state index in [0.29, 0.717) is 6.42 Å². The molecule has 0 bridgehead atoms. The van der Waals surface area contributed by atoms with Gasteiger partial charge in [-0.3, -0.25) is 4.79 Å². The molecule has 1 atom stereocenters. The third kappa shape index (κ3) is 4.36. The van der Waals surface area contributed by atoms with E-state index in [2.05, 4.69) is 132 Å². The van der Waals surface area contributed by atoms with E-state index in [1.165, 1.54) is 33.3 Å². The molecular weight excluding hydrogens is 526 g/mol. The van der Waals surface area contributed by atoms with E-state index in [1.807, 2.05) is 12.4 Å². The zero-order valence-corrected chi connectivity index (χ0v) is 24.9. The maximum Gasteiger partial charge on any atom is 0.183 e. The molecule has 0 spiro atoms. The quantitative estimate of drug-likeness (QED) is 0.175. The average Bonchev–Trinajstić information content (AvgIpc) is 3.58. The van der Waals surface area contributed by atoms with Crippen molar-refractivity contribution in [2.24, 2.45) is 5.92 Å². The van der Waals surface area contributed by atoms with Crippen LogP contribution in [0.4, 0.5) is 0 Å². The number of carbonyl (C=O) groups is 1. The Morgan fingerprint density at radius 3 is 1.98 bits per heavy atom. The van der Waals surface area contributed by atoms with Crippen molar-refractivity contribution in [2.45, 2.75) is 51.5 Å². The summed E-state index contributed by atoms with van der Waals surface area (Å²) in [7, 11) is 0. The molecular formula is C39H37N3O. The highest BCUT2D eigenvalue weighted by Gasteiger charge is 2.40. The summed E-state index contributed by atoms with van der Waals surface area (Å²) in [6, 6.07) is 38.3. The Morgan fingerprint density at radius 1 is 0.814 bits per heavy atom. The van der Waals surface area contributed by atoms with Crippen molar-refractivity contribution in [1.29, 1.82) is 0 Å². The van der Waals surface area contributed by atoms with Crippen molar-refractivity contribution in [3.63, 3.8) is 0 Å². The van der Waals surface area contributed by atoms with Crippen LogP contribution in [0, 0.1) is 12.8 Å². The normalized spacial score (nSPS) is 15.1. The van der Waals surface area contributed by atoms with Gasteiger partial charge in [0.25, 0.3) is 0 Å². The lowest BCUT2D eigenvalue weighted by Gasteiger charge is -2.38. The van der Waals surface area contributed by atoms with Gasteiger partial charge in [-0.05, 0) is 66.1 Å². The number of ketones is 1. The molecule has 0 fully saturated rings. The smallest absolute Gasteiger partial charge is 0.183 e. The Hall–Kier alpha value is -4.70. The number of nitrogens with zero attached hydrogens (tertiary/aromatic N) is 3. The summed E-state index contributed by atoms with van der Waals surface area (Å²) in [6.45, 7) is 4.38. The van der Waals surface area contributed by atoms with Crippen molar-refractivity contribution in [3.8, 4) is 0 Å². The van der Waals surface area contributed by atoms with E-state index in [4.69, 9.17) is 4.98 Å². The number of hydrogen-bond donors (Lipinski definition) is 0. The predicted octanol–water partition coefficient (Wildman–Crippen LogP) is 8.22. The number of benzene rings is 3. The highest BCUT2D eigenvalue weighted by molar-refractivity contribution is 6.01. The summed E-state index contributed by atoms with van der Waals surface area (Å²) in [4.78, 5) is 19.2. The molecule has 7 rings (SSSR count). The predicted molar refractivity (Wildman–Crippen MR) is 173 cm³/mol. The summed E-state index contributed by atoms with van der Waals surface area (Å²) >= 11 is 0. The Morgan fingerprint density at radius 2 is 1.40 bits per heavy atom. The van der Waals surface area contributed by atoms with E-state index < -0.39 is 5.54 Å². The Labute approximate surface area is 253 Å². The first-order chi connectivity index (χ1) is 21.1. The lowest BCUT2D eigenvalue weighted by atomic mass is 9.76. The fourth-order valence-corrected chi connectivity index (χ4v) is 7.40. The number of hydrogen-bond acceptors (Lipinski definition) is 2. The topological polar surface area (TPSA) is 39.3 Å². The molecule has 4 nitrogen and oxygen atoms in total. The first-order valence-electron chi connectivity index (χ1n) is 15.5. The van der Waals surface area contributed by atoms with E-state index in [0.717, 1.165) is 42.8 Å². The molecule has 1 unspecified atom stereocenters. The molecule has 1 aliphatic rings. The summed E-state index contributed by atoms with van der Waals surface area (Å²) < 4.78 is 4.47. The van der Waals surface area contributed by atoms with E-state index in [9.17, 15) is 4.79 Å². The molecule has 1 aliphatic carbocycles. The lowest BCUT2D eigenvalue weighted by molar-refractivity contribution is 0.0894. The second-order valence-corrected chi connectivity index (χ2v) is 11.8. The fourth-order valence-electron chi connectivity index (χ4n) is 7.40. The monoisotopic (exact) mass is 563 g/mol. The molecule has 6 aromatic rings. The Balaban J connectivity index is 1.33. The van der Waals surface area contributed by atoms with Gasteiger partial charge in [-0.1, -0.05) is 110 Å². The van der Waals surface area contributed by atoms with Gasteiger partial charge in [-0.25, -0.2) is 4.98 Å². The molecule has 0 saturated heterocycles. The summed E-state index contributed by atoms with van der Waals surface area (Å²) in [5, 5.41) is 0. The van der Waals surface area contributed by atoms with Crippen LogP contribution < -0.4 is 0 Å². The van der Waals surface area contributed by atoms with Crippen LogP contribution in [0.15, 0.2) is 122 Å². The number of aryl methyl sites for hydroxylation is 1. The average molecular weight is 564 g/mol. The zero-order valence-electron chi connectivity index (χ0n) is 24.9. The van der Waals surface area contributed by atoms with Crippen molar-refractivity contribution in [1.82, 2.24) is 14.0 Å². The highest BCUT2D eigenvalue weighted by Crippen LogP contribution is 2.42. The first kappa shape index (κ1) is 27.2. The summed E-state index contributed by atoms with van der Waals surface area (Å²) in [5.74, 6) is 0.154. The van der Waals surface area contributed by atoms with Crippen LogP contribution in [0.5, 0.6) is 0 Å². The maximum absolute atomic E-state index is 14.2. The first-order valence-corrected chi connectivity index (χ1v) is 15.5. The minimum atomic E-state index is -0.615. The van der Waals surface area contributed by atoms with Crippen molar-refractivity contribution < 1.29 is 4.79 Å². The highest BCUT2D eigenvalue weighted by atomic mass is 16.1. The molecule has 0 aliphatic heterocycles. The SMILES string of the molecule is CCCc1c2c(n3ccccc13)C(=O)C(Cc1ncn(C(c3ccccc3)(c3ccccc3)c3ccccc3)c1C)CC2. The molecule has 214 valence electrons. The van der Waals surface area contributed by atoms with Gasteiger partial charge in [-0.2, -0.15) is 0 Å². The lowest BCUT2D eigenvalue weighted by Crippen LogP contribution is -2.38. The zero-order chi connectivity index (χ0) is 29.4. The number of rotatable bonds is 8. The van der Waals surface area contributed by atoms with Gasteiger partial charge >= 0.3 is 0 Å². The maximum atomic E-state index is 14.2. The number of fused-ring (bicyclic) bond motifs is 3. The number of pyridine rings is 1. The van der Waals surface area contributed by atoms with Gasteiger partial charge in [0.15, 0.2) is 5.78 Å². The van der Waals surface area contributed by atoms with Crippen molar-refractivity contribution in [3.05, 3.63) is 167 Å². The molecule has 3 aromatic carbocycles. The van der Waals surface area contributed by atoms with E-state index in [1.54, 1.807) is 0 Å². The van der Waals surface area contributed by atoms with Crippen LogP contribution in [0.1, 0.15) is 69.5 Å². The Kier molecular flexibility index (Phi) is 7.06. The van der Waals surface area contributed by atoms with Crippen LogP contribution in [0.3, 0.4) is 0 Å². The number of aromatic nitrogens is 3. The largest absolute Gasteiger partial charge is 0.316 e.